The highest BCUT2D eigenvalue weighted by Gasteiger charge is 2.09. The Balaban J connectivity index is 1.64. The van der Waals surface area contributed by atoms with E-state index in [1.807, 2.05) is 0 Å². The maximum Gasteiger partial charge on any atom is -0.00990 e. The molecule has 0 aliphatic heterocycles. The molecule has 5 rings (SSSR count). The first-order valence-corrected chi connectivity index (χ1v) is 10.2. The minimum Gasteiger partial charge on any atom is -0.0616 e. The SMILES string of the molecule is Cc1cc(C)c(-c2ccc(-c3cccc4cc5ccccc5cc34)cc2)c(C)c1. The van der Waals surface area contributed by atoms with E-state index in [2.05, 4.69) is 112 Å². The molecular weight excluding hydrogens is 348 g/mol. The van der Waals surface area contributed by atoms with Gasteiger partial charge in [-0.25, -0.2) is 0 Å². The summed E-state index contributed by atoms with van der Waals surface area (Å²) in [5.41, 5.74) is 9.19. The molecule has 140 valence electrons. The van der Waals surface area contributed by atoms with Crippen LogP contribution in [0.4, 0.5) is 0 Å². The molecule has 0 N–H and O–H groups in total. The minimum absolute atomic E-state index is 1.26. The lowest BCUT2D eigenvalue weighted by molar-refractivity contribution is 1.32. The normalized spacial score (nSPS) is 11.3. The maximum atomic E-state index is 2.32. The van der Waals surface area contributed by atoms with Crippen molar-refractivity contribution < 1.29 is 0 Å². The van der Waals surface area contributed by atoms with Gasteiger partial charge in [-0.15, -0.1) is 0 Å². The van der Waals surface area contributed by atoms with Crippen LogP contribution in [0.3, 0.4) is 0 Å². The van der Waals surface area contributed by atoms with Crippen molar-refractivity contribution in [2.24, 2.45) is 0 Å². The molecule has 0 heterocycles. The monoisotopic (exact) mass is 372 g/mol. The summed E-state index contributed by atoms with van der Waals surface area (Å²) in [6.07, 6.45) is 0. The Kier molecular flexibility index (Phi) is 4.21. The van der Waals surface area contributed by atoms with Crippen molar-refractivity contribution in [3.63, 3.8) is 0 Å². The van der Waals surface area contributed by atoms with Gasteiger partial charge in [-0.1, -0.05) is 84.4 Å². The Morgan fingerprint density at radius 3 is 1.76 bits per heavy atom. The van der Waals surface area contributed by atoms with Crippen LogP contribution in [0.15, 0.2) is 91.0 Å². The van der Waals surface area contributed by atoms with Crippen LogP contribution in [0.5, 0.6) is 0 Å². The number of benzene rings is 5. The third-order valence-corrected chi connectivity index (χ3v) is 5.91. The average molecular weight is 373 g/mol. The van der Waals surface area contributed by atoms with E-state index in [-0.39, 0.29) is 0 Å². The molecule has 0 saturated heterocycles. The van der Waals surface area contributed by atoms with Crippen LogP contribution < -0.4 is 0 Å². The van der Waals surface area contributed by atoms with Crippen molar-refractivity contribution in [2.45, 2.75) is 20.8 Å². The standard InChI is InChI=1S/C29H24/c1-19-15-20(2)29(21(3)16-19)23-13-11-22(12-14-23)27-10-6-9-26-17-24-7-4-5-8-25(24)18-28(26)27/h4-18H,1-3H3. The van der Waals surface area contributed by atoms with E-state index in [1.165, 1.54) is 60.5 Å². The summed E-state index contributed by atoms with van der Waals surface area (Å²) in [5.74, 6) is 0. The summed E-state index contributed by atoms with van der Waals surface area (Å²) < 4.78 is 0. The van der Waals surface area contributed by atoms with E-state index in [0.717, 1.165) is 0 Å². The van der Waals surface area contributed by atoms with Gasteiger partial charge >= 0.3 is 0 Å². The zero-order valence-electron chi connectivity index (χ0n) is 17.2. The second-order valence-corrected chi connectivity index (χ2v) is 8.08. The van der Waals surface area contributed by atoms with E-state index in [4.69, 9.17) is 0 Å². The molecule has 0 aromatic heterocycles. The Hall–Kier alpha value is -3.38. The molecule has 5 aromatic rings. The molecule has 29 heavy (non-hydrogen) atoms. The van der Waals surface area contributed by atoms with Crippen LogP contribution in [-0.2, 0) is 0 Å². The summed E-state index contributed by atoms with van der Waals surface area (Å²) in [4.78, 5) is 0. The first kappa shape index (κ1) is 17.7. The molecule has 0 spiro atoms. The molecule has 0 saturated carbocycles. The first-order chi connectivity index (χ1) is 14.1. The van der Waals surface area contributed by atoms with Crippen LogP contribution in [0.25, 0.3) is 43.8 Å². The Morgan fingerprint density at radius 2 is 1.07 bits per heavy atom. The van der Waals surface area contributed by atoms with Crippen LogP contribution in [0, 0.1) is 20.8 Å². The summed E-state index contributed by atoms with van der Waals surface area (Å²) >= 11 is 0. The van der Waals surface area contributed by atoms with Gasteiger partial charge in [0.05, 0.1) is 0 Å². The lowest BCUT2D eigenvalue weighted by Gasteiger charge is -2.13. The van der Waals surface area contributed by atoms with Gasteiger partial charge in [0.15, 0.2) is 0 Å². The Labute approximate surface area is 172 Å². The van der Waals surface area contributed by atoms with Crippen molar-refractivity contribution in [3.05, 3.63) is 108 Å². The molecule has 0 unspecified atom stereocenters. The highest BCUT2D eigenvalue weighted by Crippen LogP contribution is 2.34. The number of rotatable bonds is 2. The zero-order chi connectivity index (χ0) is 20.0. The molecule has 0 atom stereocenters. The van der Waals surface area contributed by atoms with E-state index in [0.29, 0.717) is 0 Å². The van der Waals surface area contributed by atoms with Gasteiger partial charge in [0, 0.05) is 0 Å². The summed E-state index contributed by atoms with van der Waals surface area (Å²) in [6, 6.07) is 33.4. The summed E-state index contributed by atoms with van der Waals surface area (Å²) in [7, 11) is 0. The van der Waals surface area contributed by atoms with Gasteiger partial charge in [0.1, 0.15) is 0 Å². The highest BCUT2D eigenvalue weighted by atomic mass is 14.1. The molecule has 0 aliphatic carbocycles. The number of aryl methyl sites for hydroxylation is 3. The fourth-order valence-corrected chi connectivity index (χ4v) is 4.67. The molecular formula is C29H24. The van der Waals surface area contributed by atoms with Gasteiger partial charge in [-0.05, 0) is 87.8 Å². The van der Waals surface area contributed by atoms with Gasteiger partial charge in [0.25, 0.3) is 0 Å². The maximum absolute atomic E-state index is 2.32. The van der Waals surface area contributed by atoms with Crippen LogP contribution in [0.2, 0.25) is 0 Å². The zero-order valence-corrected chi connectivity index (χ0v) is 17.2. The van der Waals surface area contributed by atoms with E-state index in [9.17, 15) is 0 Å². The number of hydrogen-bond donors (Lipinski definition) is 0. The molecule has 0 radical (unpaired) electrons. The molecule has 0 aliphatic rings. The summed E-state index contributed by atoms with van der Waals surface area (Å²) in [5, 5.41) is 5.17. The smallest absolute Gasteiger partial charge is 0.00990 e. The molecule has 0 amide bonds. The number of hydrogen-bond acceptors (Lipinski definition) is 0. The predicted molar refractivity (Wildman–Crippen MR) is 127 cm³/mol. The molecule has 0 heteroatoms. The Morgan fingerprint density at radius 1 is 0.483 bits per heavy atom. The van der Waals surface area contributed by atoms with Crippen molar-refractivity contribution in [3.8, 4) is 22.3 Å². The quantitative estimate of drug-likeness (QED) is 0.274. The lowest BCUT2D eigenvalue weighted by atomic mass is 9.91. The van der Waals surface area contributed by atoms with Crippen molar-refractivity contribution in [1.82, 2.24) is 0 Å². The average Bonchev–Trinajstić information content (AvgIpc) is 2.71. The molecule has 0 nitrogen and oxygen atoms in total. The van der Waals surface area contributed by atoms with E-state index >= 15 is 0 Å². The van der Waals surface area contributed by atoms with Crippen LogP contribution in [0.1, 0.15) is 16.7 Å². The van der Waals surface area contributed by atoms with Gasteiger partial charge in [-0.3, -0.25) is 0 Å². The third-order valence-electron chi connectivity index (χ3n) is 5.91. The van der Waals surface area contributed by atoms with Crippen LogP contribution in [-0.4, -0.2) is 0 Å². The van der Waals surface area contributed by atoms with Crippen molar-refractivity contribution >= 4 is 21.5 Å². The topological polar surface area (TPSA) is 0 Å². The second-order valence-electron chi connectivity index (χ2n) is 8.08. The van der Waals surface area contributed by atoms with Gasteiger partial charge in [-0.2, -0.15) is 0 Å². The number of fused-ring (bicyclic) bond motifs is 2. The van der Waals surface area contributed by atoms with Crippen molar-refractivity contribution in [1.29, 1.82) is 0 Å². The fourth-order valence-electron chi connectivity index (χ4n) is 4.67. The van der Waals surface area contributed by atoms with Crippen molar-refractivity contribution in [2.75, 3.05) is 0 Å². The molecule has 0 bridgehead atoms. The lowest BCUT2D eigenvalue weighted by Crippen LogP contribution is -1.90. The van der Waals surface area contributed by atoms with Gasteiger partial charge in [0.2, 0.25) is 0 Å². The third kappa shape index (κ3) is 3.11. The first-order valence-electron chi connectivity index (χ1n) is 10.2. The van der Waals surface area contributed by atoms with Crippen LogP contribution >= 0.6 is 0 Å². The second kappa shape index (κ2) is 6.90. The highest BCUT2D eigenvalue weighted by molar-refractivity contribution is 6.05. The Bertz CT molecular complexity index is 1330. The molecule has 5 aromatic carbocycles. The molecule has 0 fully saturated rings. The summed E-state index contributed by atoms with van der Waals surface area (Å²) in [6.45, 7) is 6.58. The van der Waals surface area contributed by atoms with E-state index in [1.54, 1.807) is 0 Å². The fraction of sp³-hybridized carbons (Fsp3) is 0.103. The minimum atomic E-state index is 1.26. The van der Waals surface area contributed by atoms with E-state index < -0.39 is 0 Å². The largest absolute Gasteiger partial charge is 0.0616 e. The predicted octanol–water partition coefficient (Wildman–Crippen LogP) is 8.25. The van der Waals surface area contributed by atoms with Gasteiger partial charge < -0.3 is 0 Å².